The van der Waals surface area contributed by atoms with Gasteiger partial charge in [-0.15, -0.1) is 0 Å². The lowest BCUT2D eigenvalue weighted by molar-refractivity contribution is 0.0701. The van der Waals surface area contributed by atoms with E-state index in [1.54, 1.807) is 17.2 Å². The molecule has 0 N–H and O–H groups in total. The third-order valence-electron chi connectivity index (χ3n) is 6.41. The Bertz CT molecular complexity index is 1420. The highest BCUT2D eigenvalue weighted by Gasteiger charge is 2.43. The summed E-state index contributed by atoms with van der Waals surface area (Å²) in [5.41, 5.74) is 4.59. The van der Waals surface area contributed by atoms with Gasteiger partial charge in [-0.05, 0) is 59.7 Å². The zero-order chi connectivity index (χ0) is 23.5. The molecule has 0 fully saturated rings. The largest absolute Gasteiger partial charge is 0.467 e. The van der Waals surface area contributed by atoms with Gasteiger partial charge in [-0.25, -0.2) is 0 Å². The smallest absolute Gasteiger partial charge is 0.291 e. The second kappa shape index (κ2) is 7.48. The zero-order valence-electron chi connectivity index (χ0n) is 19.6. The molecule has 0 radical (unpaired) electrons. The number of hydrogen-bond acceptors (Lipinski definition) is 4. The SMILES string of the molecule is Cc1cc(C)c2c(=O)c3c(oc2c1)C(=O)N(Cc1ccco1)C3c1ccc(C(C)(C)C)cc1. The number of hydrogen-bond donors (Lipinski definition) is 0. The van der Waals surface area contributed by atoms with Crippen molar-refractivity contribution in [1.82, 2.24) is 4.90 Å². The van der Waals surface area contributed by atoms with Gasteiger partial charge in [0, 0.05) is 0 Å². The fourth-order valence-corrected chi connectivity index (χ4v) is 4.76. The predicted octanol–water partition coefficient (Wildman–Crippen LogP) is 6.05. The third-order valence-corrected chi connectivity index (χ3v) is 6.41. The predicted molar refractivity (Wildman–Crippen MR) is 128 cm³/mol. The summed E-state index contributed by atoms with van der Waals surface area (Å²) in [6, 6.07) is 15.0. The molecule has 5 nitrogen and oxygen atoms in total. The summed E-state index contributed by atoms with van der Waals surface area (Å²) >= 11 is 0. The Morgan fingerprint density at radius 1 is 1.00 bits per heavy atom. The standard InChI is InChI=1S/C28H27NO4/c1-16-13-17(2)22-21(14-16)33-26-23(25(22)30)24(18-8-10-19(11-9-18)28(3,4)5)29(27(26)31)15-20-7-6-12-32-20/h6-14,24H,15H2,1-5H3. The highest BCUT2D eigenvalue weighted by Crippen LogP contribution is 2.40. The van der Waals surface area contributed by atoms with Crippen LogP contribution in [0.4, 0.5) is 0 Å². The van der Waals surface area contributed by atoms with E-state index in [0.717, 1.165) is 16.7 Å². The molecule has 5 rings (SSSR count). The molecule has 0 bridgehead atoms. The molecule has 1 amide bonds. The Kier molecular flexibility index (Phi) is 4.82. The number of benzene rings is 2. The van der Waals surface area contributed by atoms with Gasteiger partial charge in [0.2, 0.25) is 5.76 Å². The van der Waals surface area contributed by atoms with Crippen molar-refractivity contribution in [1.29, 1.82) is 0 Å². The molecular formula is C28H27NO4. The van der Waals surface area contributed by atoms with Crippen molar-refractivity contribution in [3.63, 3.8) is 0 Å². The molecule has 1 atom stereocenters. The van der Waals surface area contributed by atoms with Gasteiger partial charge in [-0.2, -0.15) is 0 Å². The van der Waals surface area contributed by atoms with E-state index in [2.05, 4.69) is 32.9 Å². The molecule has 0 saturated heterocycles. The summed E-state index contributed by atoms with van der Waals surface area (Å²) in [5.74, 6) is 0.468. The molecular weight excluding hydrogens is 414 g/mol. The minimum Gasteiger partial charge on any atom is -0.467 e. The van der Waals surface area contributed by atoms with Crippen LogP contribution in [0.15, 0.2) is 68.4 Å². The quantitative estimate of drug-likeness (QED) is 0.388. The number of nitrogens with zero attached hydrogens (tertiary/aromatic N) is 1. The number of aryl methyl sites for hydroxylation is 2. The topological polar surface area (TPSA) is 63.7 Å². The minimum absolute atomic E-state index is 0.00000945. The van der Waals surface area contributed by atoms with Crippen molar-refractivity contribution in [3.8, 4) is 0 Å². The second-order valence-electron chi connectivity index (χ2n) is 9.92. The number of carbonyl (C=O) groups excluding carboxylic acids is 1. The molecule has 5 heteroatoms. The Balaban J connectivity index is 1.73. The van der Waals surface area contributed by atoms with E-state index >= 15 is 0 Å². The lowest BCUT2D eigenvalue weighted by atomic mass is 9.85. The summed E-state index contributed by atoms with van der Waals surface area (Å²) in [6.45, 7) is 10.6. The van der Waals surface area contributed by atoms with Crippen molar-refractivity contribution < 1.29 is 13.6 Å². The molecule has 4 aromatic rings. The molecule has 168 valence electrons. The van der Waals surface area contributed by atoms with Crippen LogP contribution in [0.1, 0.15) is 70.9 Å². The molecule has 2 aromatic heterocycles. The molecule has 2 aromatic carbocycles. The van der Waals surface area contributed by atoms with Gasteiger partial charge in [-0.1, -0.05) is 51.1 Å². The van der Waals surface area contributed by atoms with Gasteiger partial charge in [0.25, 0.3) is 5.91 Å². The first-order chi connectivity index (χ1) is 15.6. The maximum Gasteiger partial charge on any atom is 0.291 e. The third kappa shape index (κ3) is 3.48. The first-order valence-corrected chi connectivity index (χ1v) is 11.2. The summed E-state index contributed by atoms with van der Waals surface area (Å²) < 4.78 is 11.6. The number of carbonyl (C=O) groups is 1. The van der Waals surface area contributed by atoms with E-state index in [0.29, 0.717) is 22.3 Å². The van der Waals surface area contributed by atoms with Crippen LogP contribution in [0.2, 0.25) is 0 Å². The van der Waals surface area contributed by atoms with Crippen LogP contribution in [0.3, 0.4) is 0 Å². The summed E-state index contributed by atoms with van der Waals surface area (Å²) in [7, 11) is 0. The van der Waals surface area contributed by atoms with Crippen molar-refractivity contribution in [2.75, 3.05) is 0 Å². The van der Waals surface area contributed by atoms with Crippen molar-refractivity contribution in [2.45, 2.75) is 52.6 Å². The molecule has 1 unspecified atom stereocenters. The zero-order valence-corrected chi connectivity index (χ0v) is 19.6. The Hall–Kier alpha value is -3.60. The first-order valence-electron chi connectivity index (χ1n) is 11.2. The molecule has 0 spiro atoms. The van der Waals surface area contributed by atoms with Gasteiger partial charge in [0.15, 0.2) is 5.43 Å². The fraction of sp³-hybridized carbons (Fsp3) is 0.286. The number of furan rings is 1. The van der Waals surface area contributed by atoms with Crippen LogP contribution in [0.25, 0.3) is 11.0 Å². The lowest BCUT2D eigenvalue weighted by Gasteiger charge is -2.25. The molecule has 0 aliphatic carbocycles. The van der Waals surface area contributed by atoms with Crippen molar-refractivity contribution >= 4 is 16.9 Å². The van der Waals surface area contributed by atoms with Gasteiger partial charge < -0.3 is 13.7 Å². The monoisotopic (exact) mass is 441 g/mol. The van der Waals surface area contributed by atoms with Gasteiger partial charge in [0.1, 0.15) is 11.3 Å². The Morgan fingerprint density at radius 2 is 1.73 bits per heavy atom. The normalized spacial score (nSPS) is 16.0. The van der Waals surface area contributed by atoms with Gasteiger partial charge >= 0.3 is 0 Å². The summed E-state index contributed by atoms with van der Waals surface area (Å²) in [6.07, 6.45) is 1.58. The summed E-state index contributed by atoms with van der Waals surface area (Å²) in [4.78, 5) is 29.0. The van der Waals surface area contributed by atoms with Crippen molar-refractivity contribution in [3.05, 3.63) is 104 Å². The van der Waals surface area contributed by atoms with E-state index in [1.165, 1.54) is 5.56 Å². The van der Waals surface area contributed by atoms with Crippen LogP contribution >= 0.6 is 0 Å². The molecule has 33 heavy (non-hydrogen) atoms. The van der Waals surface area contributed by atoms with E-state index in [4.69, 9.17) is 8.83 Å². The number of fused-ring (bicyclic) bond motifs is 2. The second-order valence-corrected chi connectivity index (χ2v) is 9.92. The van der Waals surface area contributed by atoms with E-state index in [9.17, 15) is 9.59 Å². The van der Waals surface area contributed by atoms with E-state index in [-0.39, 0.29) is 29.1 Å². The molecule has 3 heterocycles. The highest BCUT2D eigenvalue weighted by molar-refractivity contribution is 5.99. The van der Waals surface area contributed by atoms with E-state index in [1.807, 2.05) is 44.2 Å². The minimum atomic E-state index is -0.548. The lowest BCUT2D eigenvalue weighted by Crippen LogP contribution is -2.29. The van der Waals surface area contributed by atoms with Crippen LogP contribution < -0.4 is 5.43 Å². The fourth-order valence-electron chi connectivity index (χ4n) is 4.76. The molecule has 0 saturated carbocycles. The molecule has 1 aliphatic rings. The van der Waals surface area contributed by atoms with Gasteiger partial charge in [-0.3, -0.25) is 9.59 Å². The van der Waals surface area contributed by atoms with Crippen LogP contribution in [0.5, 0.6) is 0 Å². The maximum atomic E-state index is 13.8. The average molecular weight is 442 g/mol. The molecule has 1 aliphatic heterocycles. The van der Waals surface area contributed by atoms with Crippen molar-refractivity contribution in [2.24, 2.45) is 0 Å². The number of rotatable bonds is 3. The van der Waals surface area contributed by atoms with Gasteiger partial charge in [0.05, 0.1) is 29.8 Å². The van der Waals surface area contributed by atoms with Crippen LogP contribution in [-0.2, 0) is 12.0 Å². The highest BCUT2D eigenvalue weighted by atomic mass is 16.4. The first kappa shape index (κ1) is 21.3. The average Bonchev–Trinajstić information content (AvgIpc) is 3.35. The van der Waals surface area contributed by atoms with E-state index < -0.39 is 6.04 Å². The maximum absolute atomic E-state index is 13.8. The van der Waals surface area contributed by atoms with Crippen LogP contribution in [-0.4, -0.2) is 10.8 Å². The number of amides is 1. The summed E-state index contributed by atoms with van der Waals surface area (Å²) in [5, 5.41) is 0.531. The van der Waals surface area contributed by atoms with Crippen LogP contribution in [0, 0.1) is 13.8 Å². The Morgan fingerprint density at radius 3 is 2.36 bits per heavy atom. The Labute approximate surface area is 192 Å².